The molecular formula is C21H23N. The summed E-state index contributed by atoms with van der Waals surface area (Å²) >= 11 is 0. The van der Waals surface area contributed by atoms with E-state index in [0.29, 0.717) is 0 Å². The van der Waals surface area contributed by atoms with E-state index in [0.717, 1.165) is 16.9 Å². The highest BCUT2D eigenvalue weighted by molar-refractivity contribution is 5.72. The topological polar surface area (TPSA) is 12.0 Å². The minimum absolute atomic E-state index is 1.07. The molecule has 1 heteroatoms. The molecule has 0 saturated heterocycles. The Hall–Kier alpha value is -2.54. The standard InChI is InChI=1S/C21H23N/c1-5-8-18-11-13-21(14-17(18)7-3)22-20-12-10-16(4)19(15-20)9-6-2/h5-15,22H,3H2,1-2,4H3/b8-5-,9-6-. The number of allylic oxidation sites excluding steroid dienone is 2. The molecule has 0 unspecified atom stereocenters. The second-order valence-electron chi connectivity index (χ2n) is 5.24. The first-order valence-electron chi connectivity index (χ1n) is 7.57. The largest absolute Gasteiger partial charge is 0.355 e. The second kappa shape index (κ2) is 7.46. The number of hydrogen-bond donors (Lipinski definition) is 1. The minimum atomic E-state index is 1.07. The lowest BCUT2D eigenvalue weighted by Gasteiger charge is -2.11. The number of nitrogens with one attached hydrogen (secondary N) is 1. The Balaban J connectivity index is 2.31. The van der Waals surface area contributed by atoms with E-state index in [1.165, 1.54) is 16.7 Å². The summed E-state index contributed by atoms with van der Waals surface area (Å²) in [6.45, 7) is 10.1. The third-order valence-electron chi connectivity index (χ3n) is 3.57. The summed E-state index contributed by atoms with van der Waals surface area (Å²) < 4.78 is 0. The fourth-order valence-corrected chi connectivity index (χ4v) is 2.40. The van der Waals surface area contributed by atoms with Gasteiger partial charge in [0.15, 0.2) is 0 Å². The molecule has 112 valence electrons. The van der Waals surface area contributed by atoms with Crippen LogP contribution in [-0.4, -0.2) is 0 Å². The highest BCUT2D eigenvalue weighted by Crippen LogP contribution is 2.24. The summed E-state index contributed by atoms with van der Waals surface area (Å²) in [4.78, 5) is 0. The molecule has 0 aliphatic heterocycles. The SMILES string of the molecule is C=Cc1cc(Nc2ccc(C)c(/C=C\C)c2)ccc1/C=C\C. The molecule has 2 aromatic rings. The van der Waals surface area contributed by atoms with Crippen LogP contribution in [0.1, 0.15) is 36.1 Å². The molecule has 0 amide bonds. The molecule has 1 N–H and O–H groups in total. The Morgan fingerprint density at radius 3 is 2.05 bits per heavy atom. The highest BCUT2D eigenvalue weighted by Gasteiger charge is 2.01. The monoisotopic (exact) mass is 289 g/mol. The van der Waals surface area contributed by atoms with Gasteiger partial charge in [0.2, 0.25) is 0 Å². The summed E-state index contributed by atoms with van der Waals surface area (Å²) in [6.07, 6.45) is 10.2. The summed E-state index contributed by atoms with van der Waals surface area (Å²) in [5.41, 5.74) is 6.98. The van der Waals surface area contributed by atoms with Crippen LogP contribution in [0.2, 0.25) is 0 Å². The lowest BCUT2D eigenvalue weighted by Crippen LogP contribution is -1.93. The van der Waals surface area contributed by atoms with Crippen molar-refractivity contribution < 1.29 is 0 Å². The van der Waals surface area contributed by atoms with Crippen molar-refractivity contribution in [2.24, 2.45) is 0 Å². The van der Waals surface area contributed by atoms with Crippen LogP contribution >= 0.6 is 0 Å². The fraction of sp³-hybridized carbons (Fsp3) is 0.143. The highest BCUT2D eigenvalue weighted by atomic mass is 14.9. The Morgan fingerprint density at radius 2 is 1.41 bits per heavy atom. The van der Waals surface area contributed by atoms with Gasteiger partial charge in [0, 0.05) is 11.4 Å². The molecule has 0 heterocycles. The van der Waals surface area contributed by atoms with E-state index < -0.39 is 0 Å². The zero-order valence-electron chi connectivity index (χ0n) is 13.6. The van der Waals surface area contributed by atoms with Crippen LogP contribution in [-0.2, 0) is 0 Å². The molecule has 0 spiro atoms. The average Bonchev–Trinajstić information content (AvgIpc) is 2.52. The first-order chi connectivity index (χ1) is 10.7. The maximum absolute atomic E-state index is 3.90. The van der Waals surface area contributed by atoms with E-state index in [4.69, 9.17) is 0 Å². The molecule has 0 atom stereocenters. The quantitative estimate of drug-likeness (QED) is 0.667. The van der Waals surface area contributed by atoms with Crippen molar-refractivity contribution in [2.75, 3.05) is 5.32 Å². The third-order valence-corrected chi connectivity index (χ3v) is 3.57. The summed E-state index contributed by atoms with van der Waals surface area (Å²) in [5.74, 6) is 0. The van der Waals surface area contributed by atoms with Crippen molar-refractivity contribution in [2.45, 2.75) is 20.8 Å². The molecule has 0 fully saturated rings. The van der Waals surface area contributed by atoms with E-state index in [1.54, 1.807) is 0 Å². The van der Waals surface area contributed by atoms with Crippen molar-refractivity contribution in [3.05, 3.63) is 77.4 Å². The van der Waals surface area contributed by atoms with Crippen molar-refractivity contribution in [1.29, 1.82) is 0 Å². The van der Waals surface area contributed by atoms with Crippen LogP contribution in [0.4, 0.5) is 11.4 Å². The van der Waals surface area contributed by atoms with Gasteiger partial charge in [0.25, 0.3) is 0 Å². The van der Waals surface area contributed by atoms with Crippen LogP contribution in [0.3, 0.4) is 0 Å². The van der Waals surface area contributed by atoms with Crippen molar-refractivity contribution >= 4 is 29.6 Å². The number of benzene rings is 2. The van der Waals surface area contributed by atoms with E-state index in [9.17, 15) is 0 Å². The first kappa shape index (κ1) is 15.8. The van der Waals surface area contributed by atoms with Gasteiger partial charge in [-0.05, 0) is 67.3 Å². The van der Waals surface area contributed by atoms with Gasteiger partial charge in [-0.1, -0.05) is 49.1 Å². The molecule has 2 aromatic carbocycles. The van der Waals surface area contributed by atoms with Gasteiger partial charge in [0.05, 0.1) is 0 Å². The van der Waals surface area contributed by atoms with E-state index in [1.807, 2.05) is 26.0 Å². The predicted molar refractivity (Wildman–Crippen MR) is 100 cm³/mol. The van der Waals surface area contributed by atoms with E-state index in [-0.39, 0.29) is 0 Å². The molecule has 0 saturated carbocycles. The normalized spacial score (nSPS) is 11.2. The zero-order chi connectivity index (χ0) is 15.9. The first-order valence-corrected chi connectivity index (χ1v) is 7.57. The Labute approximate surface area is 133 Å². The number of rotatable bonds is 5. The molecule has 0 aromatic heterocycles. The molecular weight excluding hydrogens is 266 g/mol. The second-order valence-corrected chi connectivity index (χ2v) is 5.24. The Kier molecular flexibility index (Phi) is 5.37. The van der Waals surface area contributed by atoms with Crippen LogP contribution in [0, 0.1) is 6.92 Å². The lowest BCUT2D eigenvalue weighted by molar-refractivity contribution is 1.42. The average molecular weight is 289 g/mol. The molecule has 0 aliphatic rings. The van der Waals surface area contributed by atoms with E-state index >= 15 is 0 Å². The van der Waals surface area contributed by atoms with Gasteiger partial charge in [-0.2, -0.15) is 0 Å². The van der Waals surface area contributed by atoms with Gasteiger partial charge in [-0.15, -0.1) is 0 Å². The molecule has 2 rings (SSSR count). The fourth-order valence-electron chi connectivity index (χ4n) is 2.40. The zero-order valence-corrected chi connectivity index (χ0v) is 13.6. The number of hydrogen-bond acceptors (Lipinski definition) is 1. The number of anilines is 2. The molecule has 22 heavy (non-hydrogen) atoms. The van der Waals surface area contributed by atoms with Crippen molar-refractivity contribution in [3.8, 4) is 0 Å². The van der Waals surface area contributed by atoms with Crippen LogP contribution in [0.15, 0.2) is 55.1 Å². The van der Waals surface area contributed by atoms with Gasteiger partial charge >= 0.3 is 0 Å². The van der Waals surface area contributed by atoms with Crippen LogP contribution in [0.25, 0.3) is 18.2 Å². The van der Waals surface area contributed by atoms with Gasteiger partial charge in [0.1, 0.15) is 0 Å². The van der Waals surface area contributed by atoms with Crippen LogP contribution in [0.5, 0.6) is 0 Å². The maximum Gasteiger partial charge on any atom is 0.0390 e. The summed E-state index contributed by atoms with van der Waals surface area (Å²) in [6, 6.07) is 12.7. The molecule has 0 bridgehead atoms. The lowest BCUT2D eigenvalue weighted by atomic mass is 10.0. The smallest absolute Gasteiger partial charge is 0.0390 e. The van der Waals surface area contributed by atoms with E-state index in [2.05, 4.69) is 73.4 Å². The van der Waals surface area contributed by atoms with Crippen LogP contribution < -0.4 is 5.32 Å². The van der Waals surface area contributed by atoms with Crippen molar-refractivity contribution in [3.63, 3.8) is 0 Å². The minimum Gasteiger partial charge on any atom is -0.355 e. The molecule has 0 aliphatic carbocycles. The van der Waals surface area contributed by atoms with Gasteiger partial charge < -0.3 is 5.32 Å². The van der Waals surface area contributed by atoms with Gasteiger partial charge in [-0.25, -0.2) is 0 Å². The molecule has 1 nitrogen and oxygen atoms in total. The molecule has 0 radical (unpaired) electrons. The maximum atomic E-state index is 3.90. The summed E-state index contributed by atoms with van der Waals surface area (Å²) in [7, 11) is 0. The Morgan fingerprint density at radius 1 is 0.818 bits per heavy atom. The number of aryl methyl sites for hydroxylation is 1. The summed E-state index contributed by atoms with van der Waals surface area (Å²) in [5, 5.41) is 3.47. The predicted octanol–water partition coefficient (Wildman–Crippen LogP) is 6.45. The third kappa shape index (κ3) is 3.76. The van der Waals surface area contributed by atoms with Crippen molar-refractivity contribution in [1.82, 2.24) is 0 Å². The Bertz CT molecular complexity index is 721. The van der Waals surface area contributed by atoms with Gasteiger partial charge in [-0.3, -0.25) is 0 Å².